The second-order valence-electron chi connectivity index (χ2n) is 4.09. The van der Waals surface area contributed by atoms with Crippen LogP contribution in [0.4, 0.5) is 17.2 Å². The van der Waals surface area contributed by atoms with Crippen molar-refractivity contribution in [3.05, 3.63) is 47.7 Å². The van der Waals surface area contributed by atoms with Crippen LogP contribution in [0, 0.1) is 6.92 Å². The zero-order chi connectivity index (χ0) is 12.3. The third-order valence-electron chi connectivity index (χ3n) is 2.79. The number of aryl methyl sites for hydroxylation is 2. The average Bonchev–Trinajstić information content (AvgIpc) is 2.29. The lowest BCUT2D eigenvalue weighted by Gasteiger charge is -2.09. The van der Waals surface area contributed by atoms with Gasteiger partial charge < -0.3 is 11.1 Å². The minimum Gasteiger partial charge on any atom is -0.384 e. The standard InChI is InChI=1S/C14H17N3/c1-3-11-4-5-12(8-10(11)2)17-13-6-7-16-14(15)9-13/h4-9H,3H2,1-2H3,(H3,15,16,17). The minimum atomic E-state index is 0.525. The third kappa shape index (κ3) is 2.75. The van der Waals surface area contributed by atoms with Crippen LogP contribution in [0.1, 0.15) is 18.1 Å². The largest absolute Gasteiger partial charge is 0.384 e. The van der Waals surface area contributed by atoms with Crippen LogP contribution in [0.5, 0.6) is 0 Å². The maximum Gasteiger partial charge on any atom is 0.125 e. The van der Waals surface area contributed by atoms with Crippen molar-refractivity contribution in [2.45, 2.75) is 20.3 Å². The molecule has 0 radical (unpaired) electrons. The van der Waals surface area contributed by atoms with E-state index in [-0.39, 0.29) is 0 Å². The molecule has 2 rings (SSSR count). The summed E-state index contributed by atoms with van der Waals surface area (Å²) >= 11 is 0. The van der Waals surface area contributed by atoms with Crippen LogP contribution >= 0.6 is 0 Å². The summed E-state index contributed by atoms with van der Waals surface area (Å²) in [6, 6.07) is 10.1. The Morgan fingerprint density at radius 2 is 1.94 bits per heavy atom. The monoisotopic (exact) mass is 227 g/mol. The fourth-order valence-corrected chi connectivity index (χ4v) is 1.86. The minimum absolute atomic E-state index is 0.525. The van der Waals surface area contributed by atoms with E-state index in [0.29, 0.717) is 5.82 Å². The Labute approximate surface area is 102 Å². The zero-order valence-electron chi connectivity index (χ0n) is 10.2. The summed E-state index contributed by atoms with van der Waals surface area (Å²) in [4.78, 5) is 3.96. The molecule has 2 aromatic rings. The van der Waals surface area contributed by atoms with E-state index in [1.165, 1.54) is 11.1 Å². The van der Waals surface area contributed by atoms with Crippen LogP contribution in [0.25, 0.3) is 0 Å². The van der Waals surface area contributed by atoms with Gasteiger partial charge in [0.05, 0.1) is 0 Å². The van der Waals surface area contributed by atoms with E-state index in [4.69, 9.17) is 5.73 Å². The topological polar surface area (TPSA) is 50.9 Å². The Balaban J connectivity index is 2.22. The number of hydrogen-bond acceptors (Lipinski definition) is 3. The highest BCUT2D eigenvalue weighted by Crippen LogP contribution is 2.20. The fraction of sp³-hybridized carbons (Fsp3) is 0.214. The molecule has 3 N–H and O–H groups in total. The number of nitrogens with one attached hydrogen (secondary N) is 1. The lowest BCUT2D eigenvalue weighted by Crippen LogP contribution is -1.95. The maximum absolute atomic E-state index is 5.64. The van der Waals surface area contributed by atoms with Crippen LogP contribution in [0.2, 0.25) is 0 Å². The van der Waals surface area contributed by atoms with Gasteiger partial charge in [-0.1, -0.05) is 13.0 Å². The summed E-state index contributed by atoms with van der Waals surface area (Å²) in [5, 5.41) is 3.32. The second-order valence-corrected chi connectivity index (χ2v) is 4.09. The molecule has 0 spiro atoms. The Morgan fingerprint density at radius 3 is 2.59 bits per heavy atom. The van der Waals surface area contributed by atoms with E-state index in [9.17, 15) is 0 Å². The van der Waals surface area contributed by atoms with Crippen LogP contribution in [-0.2, 0) is 6.42 Å². The predicted octanol–water partition coefficient (Wildman–Crippen LogP) is 3.28. The van der Waals surface area contributed by atoms with E-state index in [2.05, 4.69) is 42.3 Å². The molecule has 0 saturated heterocycles. The predicted molar refractivity (Wildman–Crippen MR) is 72.5 cm³/mol. The molecule has 3 nitrogen and oxygen atoms in total. The van der Waals surface area contributed by atoms with Crippen molar-refractivity contribution in [1.82, 2.24) is 4.98 Å². The van der Waals surface area contributed by atoms with Crippen molar-refractivity contribution in [3.63, 3.8) is 0 Å². The molecule has 0 unspecified atom stereocenters. The van der Waals surface area contributed by atoms with Crippen LogP contribution in [-0.4, -0.2) is 4.98 Å². The first-order chi connectivity index (χ1) is 8.19. The number of benzene rings is 1. The molecule has 1 aromatic carbocycles. The van der Waals surface area contributed by atoms with Gasteiger partial charge in [0.1, 0.15) is 5.82 Å². The van der Waals surface area contributed by atoms with Gasteiger partial charge in [-0.3, -0.25) is 0 Å². The number of hydrogen-bond donors (Lipinski definition) is 2. The summed E-state index contributed by atoms with van der Waals surface area (Å²) in [6.45, 7) is 4.30. The molecule has 1 aromatic heterocycles. The molecule has 3 heteroatoms. The number of anilines is 3. The Hall–Kier alpha value is -2.03. The second kappa shape index (κ2) is 4.87. The van der Waals surface area contributed by atoms with Crippen molar-refractivity contribution in [2.75, 3.05) is 11.1 Å². The van der Waals surface area contributed by atoms with Gasteiger partial charge in [0.2, 0.25) is 0 Å². The molecule has 0 aliphatic rings. The Kier molecular flexibility index (Phi) is 3.28. The van der Waals surface area contributed by atoms with Crippen molar-refractivity contribution in [2.24, 2.45) is 0 Å². The van der Waals surface area contributed by atoms with E-state index < -0.39 is 0 Å². The third-order valence-corrected chi connectivity index (χ3v) is 2.79. The molecule has 0 fully saturated rings. The number of aromatic nitrogens is 1. The number of rotatable bonds is 3. The number of nitrogens with two attached hydrogens (primary N) is 1. The molecule has 1 heterocycles. The van der Waals surface area contributed by atoms with E-state index in [0.717, 1.165) is 17.8 Å². The molecule has 0 bridgehead atoms. The van der Waals surface area contributed by atoms with E-state index >= 15 is 0 Å². The summed E-state index contributed by atoms with van der Waals surface area (Å²) < 4.78 is 0. The summed E-state index contributed by atoms with van der Waals surface area (Å²) in [5.74, 6) is 0.525. The first-order valence-electron chi connectivity index (χ1n) is 5.77. The van der Waals surface area contributed by atoms with Gasteiger partial charge in [0.25, 0.3) is 0 Å². The maximum atomic E-state index is 5.64. The molecule has 0 aliphatic heterocycles. The molecule has 0 aliphatic carbocycles. The van der Waals surface area contributed by atoms with Gasteiger partial charge in [-0.05, 0) is 42.7 Å². The number of nitrogen functional groups attached to an aromatic ring is 1. The summed E-state index contributed by atoms with van der Waals surface area (Å²) in [5.41, 5.74) is 10.4. The molecule has 0 atom stereocenters. The van der Waals surface area contributed by atoms with Crippen LogP contribution < -0.4 is 11.1 Å². The molecular weight excluding hydrogens is 210 g/mol. The van der Waals surface area contributed by atoms with Gasteiger partial charge in [-0.2, -0.15) is 0 Å². The lowest BCUT2D eigenvalue weighted by molar-refractivity contribution is 1.11. The Bertz CT molecular complexity index is 521. The van der Waals surface area contributed by atoms with Crippen LogP contribution in [0.3, 0.4) is 0 Å². The van der Waals surface area contributed by atoms with Crippen molar-refractivity contribution < 1.29 is 0 Å². The SMILES string of the molecule is CCc1ccc(Nc2ccnc(N)c2)cc1C. The smallest absolute Gasteiger partial charge is 0.125 e. The van der Waals surface area contributed by atoms with Gasteiger partial charge in [-0.15, -0.1) is 0 Å². The summed E-state index contributed by atoms with van der Waals surface area (Å²) in [6.07, 6.45) is 2.76. The highest BCUT2D eigenvalue weighted by Gasteiger charge is 1.99. The quantitative estimate of drug-likeness (QED) is 0.846. The van der Waals surface area contributed by atoms with Crippen molar-refractivity contribution in [1.29, 1.82) is 0 Å². The lowest BCUT2D eigenvalue weighted by atomic mass is 10.1. The van der Waals surface area contributed by atoms with Gasteiger partial charge >= 0.3 is 0 Å². The van der Waals surface area contributed by atoms with Gasteiger partial charge in [0, 0.05) is 23.6 Å². The van der Waals surface area contributed by atoms with Gasteiger partial charge in [0.15, 0.2) is 0 Å². The molecule has 0 saturated carbocycles. The van der Waals surface area contributed by atoms with Crippen molar-refractivity contribution >= 4 is 17.2 Å². The normalized spacial score (nSPS) is 10.2. The van der Waals surface area contributed by atoms with Gasteiger partial charge in [-0.25, -0.2) is 4.98 Å². The Morgan fingerprint density at radius 1 is 1.18 bits per heavy atom. The molecular formula is C14H17N3. The highest BCUT2D eigenvalue weighted by molar-refractivity contribution is 5.62. The number of pyridine rings is 1. The molecule has 17 heavy (non-hydrogen) atoms. The summed E-state index contributed by atoms with van der Waals surface area (Å²) in [7, 11) is 0. The molecule has 0 amide bonds. The van der Waals surface area contributed by atoms with Crippen LogP contribution in [0.15, 0.2) is 36.5 Å². The highest BCUT2D eigenvalue weighted by atomic mass is 14.9. The molecule has 88 valence electrons. The number of nitrogens with zero attached hydrogens (tertiary/aromatic N) is 1. The van der Waals surface area contributed by atoms with E-state index in [1.54, 1.807) is 6.20 Å². The zero-order valence-corrected chi connectivity index (χ0v) is 10.2. The first kappa shape index (κ1) is 11.5. The average molecular weight is 227 g/mol. The van der Waals surface area contributed by atoms with E-state index in [1.807, 2.05) is 12.1 Å². The van der Waals surface area contributed by atoms with Crippen molar-refractivity contribution in [3.8, 4) is 0 Å². The first-order valence-corrected chi connectivity index (χ1v) is 5.77. The fourth-order valence-electron chi connectivity index (χ4n) is 1.86.